The molecule has 2 aromatic rings. The maximum absolute atomic E-state index is 11.2. The number of hydrogen-bond donors (Lipinski definition) is 2. The lowest BCUT2D eigenvalue weighted by molar-refractivity contribution is 0.0696. The second-order valence-electron chi connectivity index (χ2n) is 5.35. The van der Waals surface area contributed by atoms with Gasteiger partial charge in [-0.25, -0.2) is 14.3 Å². The third-order valence-corrected chi connectivity index (χ3v) is 3.96. The number of nitrogens with zero attached hydrogens (tertiary/aromatic N) is 4. The molecule has 0 aliphatic heterocycles. The number of aromatic carboxylic acids is 2. The van der Waals surface area contributed by atoms with Crippen LogP contribution in [-0.4, -0.2) is 37.1 Å². The highest BCUT2D eigenvalue weighted by Crippen LogP contribution is 2.38. The van der Waals surface area contributed by atoms with E-state index in [0.717, 1.165) is 25.3 Å². The van der Waals surface area contributed by atoms with Gasteiger partial charge in [-0.1, -0.05) is 11.6 Å². The van der Waals surface area contributed by atoms with Gasteiger partial charge in [-0.05, 0) is 31.0 Å². The van der Waals surface area contributed by atoms with Crippen molar-refractivity contribution < 1.29 is 19.8 Å². The number of benzene rings is 1. The molecule has 1 saturated carbocycles. The summed E-state index contributed by atoms with van der Waals surface area (Å²) in [4.78, 5) is 22.4. The number of carboxylic acids is 2. The molecular weight excluding hydrogens is 300 g/mol. The van der Waals surface area contributed by atoms with Crippen molar-refractivity contribution in [1.82, 2.24) is 15.0 Å². The minimum atomic E-state index is -1.24. The largest absolute Gasteiger partial charge is 0.478 e. The van der Waals surface area contributed by atoms with Crippen molar-refractivity contribution in [3.63, 3.8) is 0 Å². The fourth-order valence-electron chi connectivity index (χ4n) is 2.59. The van der Waals surface area contributed by atoms with Crippen LogP contribution in [0.1, 0.15) is 57.3 Å². The Morgan fingerprint density at radius 2 is 1.78 bits per heavy atom. The Labute approximate surface area is 130 Å². The molecule has 1 fully saturated rings. The predicted octanol–water partition coefficient (Wildman–Crippen LogP) is 1.80. The van der Waals surface area contributed by atoms with Crippen LogP contribution in [0.2, 0.25) is 0 Å². The second-order valence-corrected chi connectivity index (χ2v) is 5.35. The summed E-state index contributed by atoms with van der Waals surface area (Å²) in [6.45, 7) is 0. The molecule has 0 bridgehead atoms. The van der Waals surface area contributed by atoms with Crippen LogP contribution in [-0.2, 0) is 0 Å². The number of carbonyl (C=O) groups is 2. The van der Waals surface area contributed by atoms with Gasteiger partial charge in [0.2, 0.25) is 0 Å². The van der Waals surface area contributed by atoms with E-state index in [9.17, 15) is 14.9 Å². The summed E-state index contributed by atoms with van der Waals surface area (Å²) < 4.78 is 1.38. The lowest BCUT2D eigenvalue weighted by Crippen LogP contribution is -2.16. The highest BCUT2D eigenvalue weighted by atomic mass is 16.4. The van der Waals surface area contributed by atoms with Crippen LogP contribution in [0.3, 0.4) is 0 Å². The first kappa shape index (κ1) is 14.7. The Kier molecular flexibility index (Phi) is 3.54. The molecule has 0 amide bonds. The predicted molar refractivity (Wildman–Crippen MR) is 76.6 cm³/mol. The summed E-state index contributed by atoms with van der Waals surface area (Å²) in [5, 5.41) is 35.2. The maximum atomic E-state index is 11.2. The highest BCUT2D eigenvalue weighted by Gasteiger charge is 2.29. The van der Waals surface area contributed by atoms with E-state index in [1.807, 2.05) is 6.07 Å². The van der Waals surface area contributed by atoms with E-state index in [2.05, 4.69) is 10.3 Å². The Morgan fingerprint density at radius 3 is 2.22 bits per heavy atom. The summed E-state index contributed by atoms with van der Waals surface area (Å²) in [5.41, 5.74) is 0.755. The van der Waals surface area contributed by atoms with Crippen LogP contribution >= 0.6 is 0 Å². The highest BCUT2D eigenvalue weighted by molar-refractivity contribution is 5.94. The zero-order chi connectivity index (χ0) is 16.6. The number of rotatable bonds is 4. The molecule has 0 spiro atoms. The summed E-state index contributed by atoms with van der Waals surface area (Å²) in [6, 6.07) is 5.72. The van der Waals surface area contributed by atoms with Crippen molar-refractivity contribution in [2.45, 2.75) is 25.2 Å². The molecule has 1 aromatic carbocycles. The minimum absolute atomic E-state index is 0.126. The fourth-order valence-corrected chi connectivity index (χ4v) is 2.59. The van der Waals surface area contributed by atoms with Crippen molar-refractivity contribution in [3.8, 4) is 11.8 Å². The topological polar surface area (TPSA) is 129 Å². The lowest BCUT2D eigenvalue weighted by atomic mass is 9.82. The molecule has 23 heavy (non-hydrogen) atoms. The number of carboxylic acid groups (broad SMARTS) is 2. The standard InChI is InChI=1S/C15H12N4O4/c16-7-12-13(8-2-1-3-8)19(18-17-12)11-5-9(14(20)21)4-10(6-11)15(22)23/h4-6,8H,1-3H2,(H,20,21)(H,22,23). The molecule has 1 heterocycles. The maximum Gasteiger partial charge on any atom is 0.335 e. The van der Waals surface area contributed by atoms with Gasteiger partial charge in [0.15, 0.2) is 5.69 Å². The van der Waals surface area contributed by atoms with Crippen LogP contribution in [0.5, 0.6) is 0 Å². The van der Waals surface area contributed by atoms with Crippen LogP contribution in [0, 0.1) is 11.3 Å². The van der Waals surface area contributed by atoms with Crippen LogP contribution in [0.25, 0.3) is 5.69 Å². The number of hydrogen-bond acceptors (Lipinski definition) is 5. The summed E-state index contributed by atoms with van der Waals surface area (Å²) >= 11 is 0. The van der Waals surface area contributed by atoms with Crippen LogP contribution < -0.4 is 0 Å². The average molecular weight is 312 g/mol. The lowest BCUT2D eigenvalue weighted by Gasteiger charge is -2.25. The van der Waals surface area contributed by atoms with Gasteiger partial charge in [-0.2, -0.15) is 5.26 Å². The van der Waals surface area contributed by atoms with Crippen molar-refractivity contribution >= 4 is 11.9 Å². The molecule has 1 aromatic heterocycles. The van der Waals surface area contributed by atoms with Crippen molar-refractivity contribution in [1.29, 1.82) is 5.26 Å². The molecule has 2 N–H and O–H groups in total. The Bertz CT molecular complexity index is 813. The smallest absolute Gasteiger partial charge is 0.335 e. The summed E-state index contributed by atoms with van der Waals surface area (Å²) in [7, 11) is 0. The molecule has 8 nitrogen and oxygen atoms in total. The molecule has 1 aliphatic carbocycles. The normalized spacial score (nSPS) is 14.0. The first-order chi connectivity index (χ1) is 11.0. The van der Waals surface area contributed by atoms with Crippen molar-refractivity contribution in [3.05, 3.63) is 40.7 Å². The molecular formula is C15H12N4O4. The molecule has 0 radical (unpaired) electrons. The third-order valence-electron chi connectivity index (χ3n) is 3.96. The molecule has 116 valence electrons. The Morgan fingerprint density at radius 1 is 1.17 bits per heavy atom. The molecule has 8 heteroatoms. The van der Waals surface area contributed by atoms with Gasteiger partial charge in [0.25, 0.3) is 0 Å². The van der Waals surface area contributed by atoms with E-state index < -0.39 is 11.9 Å². The Balaban J connectivity index is 2.19. The first-order valence-corrected chi connectivity index (χ1v) is 6.99. The second kappa shape index (κ2) is 5.53. The van der Waals surface area contributed by atoms with Gasteiger partial charge in [0.05, 0.1) is 22.5 Å². The molecule has 0 saturated heterocycles. The molecule has 1 aliphatic rings. The van der Waals surface area contributed by atoms with E-state index in [1.165, 1.54) is 16.8 Å². The third kappa shape index (κ3) is 2.53. The zero-order valence-electron chi connectivity index (χ0n) is 11.9. The Hall–Kier alpha value is -3.21. The number of nitriles is 1. The molecule has 3 rings (SSSR count). The minimum Gasteiger partial charge on any atom is -0.478 e. The zero-order valence-corrected chi connectivity index (χ0v) is 11.9. The fraction of sp³-hybridized carbons (Fsp3) is 0.267. The van der Waals surface area contributed by atoms with E-state index in [0.29, 0.717) is 5.69 Å². The van der Waals surface area contributed by atoms with Gasteiger partial charge in [-0.15, -0.1) is 5.10 Å². The van der Waals surface area contributed by atoms with Crippen molar-refractivity contribution in [2.24, 2.45) is 0 Å². The quantitative estimate of drug-likeness (QED) is 0.880. The molecule has 0 atom stereocenters. The van der Waals surface area contributed by atoms with E-state index >= 15 is 0 Å². The van der Waals surface area contributed by atoms with Crippen molar-refractivity contribution in [2.75, 3.05) is 0 Å². The van der Waals surface area contributed by atoms with Gasteiger partial charge in [-0.3, -0.25) is 0 Å². The number of aromatic nitrogens is 3. The SMILES string of the molecule is N#Cc1nnn(-c2cc(C(=O)O)cc(C(=O)O)c2)c1C1CCC1. The summed E-state index contributed by atoms with van der Waals surface area (Å²) in [6.07, 6.45) is 2.83. The monoisotopic (exact) mass is 312 g/mol. The van der Waals surface area contributed by atoms with Crippen LogP contribution in [0.4, 0.5) is 0 Å². The van der Waals surface area contributed by atoms with E-state index in [4.69, 9.17) is 10.2 Å². The van der Waals surface area contributed by atoms with E-state index in [1.54, 1.807) is 0 Å². The van der Waals surface area contributed by atoms with Gasteiger partial charge < -0.3 is 10.2 Å². The van der Waals surface area contributed by atoms with Gasteiger partial charge in [0.1, 0.15) is 6.07 Å². The summed E-state index contributed by atoms with van der Waals surface area (Å²) in [5.74, 6) is -2.35. The van der Waals surface area contributed by atoms with Gasteiger partial charge >= 0.3 is 11.9 Å². The average Bonchev–Trinajstić information content (AvgIpc) is 2.88. The molecule has 0 unspecified atom stereocenters. The first-order valence-electron chi connectivity index (χ1n) is 6.99. The van der Waals surface area contributed by atoms with E-state index in [-0.39, 0.29) is 28.4 Å². The van der Waals surface area contributed by atoms with Crippen LogP contribution in [0.15, 0.2) is 18.2 Å². The van der Waals surface area contributed by atoms with Gasteiger partial charge in [0, 0.05) is 5.92 Å².